The number of aromatic nitrogens is 2. The summed E-state index contributed by atoms with van der Waals surface area (Å²) in [7, 11) is 0. The summed E-state index contributed by atoms with van der Waals surface area (Å²) in [5, 5.41) is 12.9. The number of likely N-dealkylation sites (tertiary alicyclic amines) is 1. The summed E-state index contributed by atoms with van der Waals surface area (Å²) >= 11 is 0. The number of aliphatic hydroxyl groups excluding tert-OH is 1. The van der Waals surface area contributed by atoms with Gasteiger partial charge in [0.15, 0.2) is 0 Å². The summed E-state index contributed by atoms with van der Waals surface area (Å²) in [6.07, 6.45) is 1.71. The Balaban J connectivity index is 1.59. The summed E-state index contributed by atoms with van der Waals surface area (Å²) in [5.41, 5.74) is 2.34. The molecule has 6 heteroatoms. The summed E-state index contributed by atoms with van der Waals surface area (Å²) in [5.74, 6) is -0.207. The molecule has 24 heavy (non-hydrogen) atoms. The number of β-amino-alcohol motifs (C(OH)–C–C–N with tert-alkyl or cyclic N) is 1. The van der Waals surface area contributed by atoms with E-state index >= 15 is 0 Å². The van der Waals surface area contributed by atoms with Crippen LogP contribution in [0.5, 0.6) is 0 Å². The Morgan fingerprint density at radius 3 is 2.88 bits per heavy atom. The van der Waals surface area contributed by atoms with Crippen LogP contribution in [-0.4, -0.2) is 51.1 Å². The Bertz CT molecular complexity index is 692. The van der Waals surface area contributed by atoms with E-state index in [1.165, 1.54) is 11.9 Å². The molecule has 0 aliphatic carbocycles. The first-order chi connectivity index (χ1) is 11.6. The summed E-state index contributed by atoms with van der Waals surface area (Å²) in [6.45, 7) is 3.71. The molecule has 2 heterocycles. The average molecular weight is 326 g/mol. The van der Waals surface area contributed by atoms with E-state index in [0.717, 1.165) is 12.2 Å². The number of benzene rings is 1. The quantitative estimate of drug-likeness (QED) is 0.862. The van der Waals surface area contributed by atoms with Gasteiger partial charge in [0, 0.05) is 31.4 Å². The van der Waals surface area contributed by atoms with Crippen LogP contribution in [0.25, 0.3) is 0 Å². The zero-order valence-corrected chi connectivity index (χ0v) is 13.7. The van der Waals surface area contributed by atoms with Gasteiger partial charge in [-0.25, -0.2) is 9.97 Å². The molecule has 1 aromatic carbocycles. The van der Waals surface area contributed by atoms with Crippen molar-refractivity contribution in [1.82, 2.24) is 20.2 Å². The number of carbonyl (C=O) groups excluding carboxylic acids is 1. The molecule has 1 fully saturated rings. The molecular formula is C18H22N4O2. The summed E-state index contributed by atoms with van der Waals surface area (Å²) in [4.78, 5) is 22.4. The van der Waals surface area contributed by atoms with Gasteiger partial charge in [0.05, 0.1) is 6.10 Å². The van der Waals surface area contributed by atoms with Crippen LogP contribution in [0, 0.1) is 6.92 Å². The fraction of sp³-hybridized carbons (Fsp3) is 0.389. The van der Waals surface area contributed by atoms with Crippen molar-refractivity contribution >= 4 is 5.91 Å². The Morgan fingerprint density at radius 1 is 1.33 bits per heavy atom. The molecule has 1 saturated heterocycles. The molecular weight excluding hydrogens is 304 g/mol. The van der Waals surface area contributed by atoms with Crippen molar-refractivity contribution in [2.45, 2.75) is 32.0 Å². The highest BCUT2D eigenvalue weighted by Crippen LogP contribution is 2.20. The standard InChI is InChI=1S/C18H22N4O2/c1-13-7-17(21-12-20-13)18(24)19-9-15-8-16(23)11-22(15)10-14-5-3-2-4-6-14/h2-7,12,15-16,23H,8-11H2,1H3,(H,19,24). The topological polar surface area (TPSA) is 78.4 Å². The monoisotopic (exact) mass is 326 g/mol. The molecule has 3 rings (SSSR count). The van der Waals surface area contributed by atoms with Gasteiger partial charge in [-0.1, -0.05) is 30.3 Å². The number of nitrogens with one attached hydrogen (secondary N) is 1. The van der Waals surface area contributed by atoms with Crippen LogP contribution in [0.3, 0.4) is 0 Å². The van der Waals surface area contributed by atoms with Gasteiger partial charge in [-0.2, -0.15) is 0 Å². The average Bonchev–Trinajstić information content (AvgIpc) is 2.93. The van der Waals surface area contributed by atoms with Gasteiger partial charge >= 0.3 is 0 Å². The third-order valence-electron chi connectivity index (χ3n) is 4.27. The molecule has 1 aromatic heterocycles. The Labute approximate surface area is 141 Å². The maximum Gasteiger partial charge on any atom is 0.270 e. The molecule has 0 bridgehead atoms. The molecule has 2 N–H and O–H groups in total. The second kappa shape index (κ2) is 7.51. The lowest BCUT2D eigenvalue weighted by Crippen LogP contribution is -2.40. The smallest absolute Gasteiger partial charge is 0.270 e. The highest BCUT2D eigenvalue weighted by Gasteiger charge is 2.31. The second-order valence-electron chi connectivity index (χ2n) is 6.21. The van der Waals surface area contributed by atoms with E-state index in [9.17, 15) is 9.90 Å². The lowest BCUT2D eigenvalue weighted by Gasteiger charge is -2.24. The van der Waals surface area contributed by atoms with Crippen LogP contribution in [0.4, 0.5) is 0 Å². The first-order valence-electron chi connectivity index (χ1n) is 8.14. The van der Waals surface area contributed by atoms with Gasteiger partial charge in [-0.15, -0.1) is 0 Å². The van der Waals surface area contributed by atoms with E-state index in [2.05, 4.69) is 32.3 Å². The second-order valence-corrected chi connectivity index (χ2v) is 6.21. The zero-order valence-electron chi connectivity index (χ0n) is 13.7. The summed E-state index contributed by atoms with van der Waals surface area (Å²) in [6, 6.07) is 11.9. The number of aryl methyl sites for hydroxylation is 1. The fourth-order valence-electron chi connectivity index (χ4n) is 3.06. The number of carbonyl (C=O) groups is 1. The van der Waals surface area contributed by atoms with Gasteiger partial charge < -0.3 is 10.4 Å². The minimum absolute atomic E-state index is 0.118. The van der Waals surface area contributed by atoms with Crippen LogP contribution in [0.15, 0.2) is 42.7 Å². The lowest BCUT2D eigenvalue weighted by atomic mass is 10.1. The third kappa shape index (κ3) is 4.15. The van der Waals surface area contributed by atoms with Gasteiger partial charge in [0.2, 0.25) is 0 Å². The minimum Gasteiger partial charge on any atom is -0.392 e. The predicted molar refractivity (Wildman–Crippen MR) is 90.4 cm³/mol. The molecule has 6 nitrogen and oxygen atoms in total. The van der Waals surface area contributed by atoms with Crippen molar-refractivity contribution in [3.8, 4) is 0 Å². The molecule has 2 unspecified atom stereocenters. The highest BCUT2D eigenvalue weighted by molar-refractivity contribution is 5.92. The molecule has 1 aliphatic rings. The molecule has 1 amide bonds. The van der Waals surface area contributed by atoms with Gasteiger partial charge in [0.25, 0.3) is 5.91 Å². The van der Waals surface area contributed by atoms with Crippen LogP contribution in [0.1, 0.15) is 28.2 Å². The molecule has 1 aliphatic heterocycles. The number of hydrogen-bond donors (Lipinski definition) is 2. The van der Waals surface area contributed by atoms with Crippen LogP contribution in [-0.2, 0) is 6.54 Å². The van der Waals surface area contributed by atoms with E-state index in [1.54, 1.807) is 6.07 Å². The van der Waals surface area contributed by atoms with E-state index in [-0.39, 0.29) is 18.1 Å². The number of nitrogens with zero attached hydrogens (tertiary/aromatic N) is 3. The predicted octanol–water partition coefficient (Wildman–Crippen LogP) is 1.15. The first-order valence-corrected chi connectivity index (χ1v) is 8.14. The van der Waals surface area contributed by atoms with E-state index in [4.69, 9.17) is 0 Å². The van der Waals surface area contributed by atoms with Crippen molar-refractivity contribution in [2.24, 2.45) is 0 Å². The number of rotatable bonds is 5. The lowest BCUT2D eigenvalue weighted by molar-refractivity contribution is 0.0934. The van der Waals surface area contributed by atoms with Crippen molar-refractivity contribution in [3.63, 3.8) is 0 Å². The fourth-order valence-corrected chi connectivity index (χ4v) is 3.06. The molecule has 0 radical (unpaired) electrons. The largest absolute Gasteiger partial charge is 0.392 e. The highest BCUT2D eigenvalue weighted by atomic mass is 16.3. The molecule has 0 saturated carbocycles. The number of amides is 1. The van der Waals surface area contributed by atoms with Gasteiger partial charge in [-0.3, -0.25) is 9.69 Å². The normalized spacial score (nSPS) is 20.9. The maximum atomic E-state index is 12.2. The first kappa shape index (κ1) is 16.5. The third-order valence-corrected chi connectivity index (χ3v) is 4.27. The van der Waals surface area contributed by atoms with E-state index in [0.29, 0.717) is 25.2 Å². The Kier molecular flexibility index (Phi) is 5.17. The number of hydrogen-bond acceptors (Lipinski definition) is 5. The Morgan fingerprint density at radius 2 is 2.12 bits per heavy atom. The van der Waals surface area contributed by atoms with Crippen LogP contribution < -0.4 is 5.32 Å². The zero-order chi connectivity index (χ0) is 16.9. The van der Waals surface area contributed by atoms with Crippen LogP contribution in [0.2, 0.25) is 0 Å². The SMILES string of the molecule is Cc1cc(C(=O)NCC2CC(O)CN2Cc2ccccc2)ncn1. The molecule has 2 atom stereocenters. The Hall–Kier alpha value is -2.31. The van der Waals surface area contributed by atoms with Crippen molar-refractivity contribution in [3.05, 3.63) is 59.7 Å². The van der Waals surface area contributed by atoms with Crippen molar-refractivity contribution in [2.75, 3.05) is 13.1 Å². The molecule has 2 aromatic rings. The van der Waals surface area contributed by atoms with Gasteiger partial charge in [0.1, 0.15) is 12.0 Å². The maximum absolute atomic E-state index is 12.2. The van der Waals surface area contributed by atoms with Gasteiger partial charge in [-0.05, 0) is 25.0 Å². The van der Waals surface area contributed by atoms with E-state index in [1.807, 2.05) is 25.1 Å². The molecule has 126 valence electrons. The van der Waals surface area contributed by atoms with Crippen molar-refractivity contribution < 1.29 is 9.90 Å². The van der Waals surface area contributed by atoms with E-state index < -0.39 is 0 Å². The minimum atomic E-state index is -0.350. The summed E-state index contributed by atoms with van der Waals surface area (Å²) < 4.78 is 0. The molecule has 0 spiro atoms. The number of aliphatic hydroxyl groups is 1. The van der Waals surface area contributed by atoms with Crippen LogP contribution >= 0.6 is 0 Å². The van der Waals surface area contributed by atoms with Crippen molar-refractivity contribution in [1.29, 1.82) is 0 Å².